The topological polar surface area (TPSA) is 69.0 Å². The largest absolute Gasteiger partial charge is 0.495 e. The minimum atomic E-state index is -0.308. The maximum absolute atomic E-state index is 12.6. The third kappa shape index (κ3) is 5.08. The van der Waals surface area contributed by atoms with E-state index in [2.05, 4.69) is 41.5 Å². The molecule has 0 unspecified atom stereocenters. The fourth-order valence-electron chi connectivity index (χ4n) is 3.57. The molecule has 0 fully saturated rings. The van der Waals surface area contributed by atoms with Gasteiger partial charge in [0.15, 0.2) is 0 Å². The van der Waals surface area contributed by atoms with E-state index in [1.807, 2.05) is 31.2 Å². The lowest BCUT2D eigenvalue weighted by molar-refractivity contribution is -0.111. The van der Waals surface area contributed by atoms with E-state index >= 15 is 0 Å². The average molecular weight is 495 g/mol. The fraction of sp³-hybridized carbons (Fsp3) is 0.192. The van der Waals surface area contributed by atoms with Gasteiger partial charge in [-0.25, -0.2) is 0 Å². The van der Waals surface area contributed by atoms with Gasteiger partial charge in [0.25, 0.3) is 0 Å². The molecule has 0 aliphatic heterocycles. The van der Waals surface area contributed by atoms with Crippen molar-refractivity contribution in [2.75, 3.05) is 12.4 Å². The molecule has 0 aliphatic rings. The summed E-state index contributed by atoms with van der Waals surface area (Å²) in [6.45, 7) is 6.22. The Morgan fingerprint density at radius 2 is 1.74 bits per heavy atom. The van der Waals surface area contributed by atoms with Crippen LogP contribution in [-0.4, -0.2) is 28.0 Å². The molecule has 0 radical (unpaired) electrons. The van der Waals surface area contributed by atoms with Crippen LogP contribution in [0.2, 0.25) is 10.0 Å². The molecule has 0 spiro atoms. The van der Waals surface area contributed by atoms with Gasteiger partial charge in [-0.2, -0.15) is 4.80 Å². The third-order valence-electron chi connectivity index (χ3n) is 5.43. The predicted octanol–water partition coefficient (Wildman–Crippen LogP) is 6.82. The molecule has 1 heterocycles. The highest BCUT2D eigenvalue weighted by Crippen LogP contribution is 2.33. The number of aryl methyl sites for hydroxylation is 1. The summed E-state index contributed by atoms with van der Waals surface area (Å²) in [6.07, 6.45) is 3.01. The molecule has 4 aromatic rings. The summed E-state index contributed by atoms with van der Waals surface area (Å²) in [5, 5.41) is 12.9. The number of nitrogens with zero attached hydrogens (tertiary/aromatic N) is 3. The van der Waals surface area contributed by atoms with Crippen LogP contribution >= 0.6 is 23.2 Å². The van der Waals surface area contributed by atoms with E-state index in [1.165, 1.54) is 18.7 Å². The van der Waals surface area contributed by atoms with Gasteiger partial charge in [-0.15, -0.1) is 10.2 Å². The van der Waals surface area contributed by atoms with Gasteiger partial charge < -0.3 is 10.1 Å². The van der Waals surface area contributed by atoms with E-state index in [9.17, 15) is 4.79 Å². The number of hydrogen-bond donors (Lipinski definition) is 1. The number of aromatic nitrogens is 3. The highest BCUT2D eigenvalue weighted by atomic mass is 35.5. The van der Waals surface area contributed by atoms with Crippen molar-refractivity contribution in [2.24, 2.45) is 0 Å². The Kier molecular flexibility index (Phi) is 6.91. The first kappa shape index (κ1) is 23.8. The molecular weight excluding hydrogens is 471 g/mol. The van der Waals surface area contributed by atoms with Crippen molar-refractivity contribution in [1.82, 2.24) is 15.0 Å². The molecule has 0 saturated carbocycles. The number of nitrogens with one attached hydrogen (secondary N) is 1. The van der Waals surface area contributed by atoms with Crippen LogP contribution in [0.5, 0.6) is 5.75 Å². The zero-order chi connectivity index (χ0) is 24.4. The van der Waals surface area contributed by atoms with Crippen LogP contribution in [0.3, 0.4) is 0 Å². The summed E-state index contributed by atoms with van der Waals surface area (Å²) in [5.41, 5.74) is 5.69. The minimum Gasteiger partial charge on any atom is -0.495 e. The monoisotopic (exact) mass is 494 g/mol. The highest BCUT2D eigenvalue weighted by molar-refractivity contribution is 6.36. The molecule has 1 N–H and O–H groups in total. The Morgan fingerprint density at radius 1 is 1.06 bits per heavy atom. The number of carbonyl (C=O) groups excluding carboxylic acids is 1. The number of ether oxygens (including phenoxy) is 1. The average Bonchev–Trinajstić information content (AvgIpc) is 3.20. The fourth-order valence-corrected chi connectivity index (χ4v) is 4.16. The molecule has 1 aromatic heterocycles. The first-order valence-corrected chi connectivity index (χ1v) is 11.5. The van der Waals surface area contributed by atoms with Gasteiger partial charge in [0.1, 0.15) is 16.8 Å². The normalized spacial score (nSPS) is 11.5. The summed E-state index contributed by atoms with van der Waals surface area (Å²) in [7, 11) is 1.51. The first-order chi connectivity index (χ1) is 16.2. The van der Waals surface area contributed by atoms with Gasteiger partial charge in [-0.1, -0.05) is 49.2 Å². The maximum Gasteiger partial charge on any atom is 0.248 e. The Labute approximate surface area is 208 Å². The van der Waals surface area contributed by atoms with Crippen LogP contribution in [0.25, 0.3) is 22.8 Å². The van der Waals surface area contributed by atoms with Crippen molar-refractivity contribution in [3.63, 3.8) is 0 Å². The lowest BCUT2D eigenvalue weighted by Crippen LogP contribution is -2.09. The second-order valence-corrected chi connectivity index (χ2v) is 9.07. The number of benzene rings is 3. The zero-order valence-electron chi connectivity index (χ0n) is 19.3. The maximum atomic E-state index is 12.6. The summed E-state index contributed by atoms with van der Waals surface area (Å²) in [6, 6.07) is 15.2. The molecule has 34 heavy (non-hydrogen) atoms. The van der Waals surface area contributed by atoms with Crippen LogP contribution in [-0.2, 0) is 4.79 Å². The second-order valence-electron chi connectivity index (χ2n) is 8.22. The summed E-state index contributed by atoms with van der Waals surface area (Å²) < 4.78 is 5.31. The number of fused-ring (bicyclic) bond motifs is 1. The molecule has 0 atom stereocenters. The smallest absolute Gasteiger partial charge is 0.248 e. The zero-order valence-corrected chi connectivity index (χ0v) is 20.8. The van der Waals surface area contributed by atoms with Gasteiger partial charge >= 0.3 is 0 Å². The lowest BCUT2D eigenvalue weighted by Gasteiger charge is -2.08. The number of amides is 1. The van der Waals surface area contributed by atoms with E-state index in [0.29, 0.717) is 38.5 Å². The third-order valence-corrected chi connectivity index (χ3v) is 5.93. The van der Waals surface area contributed by atoms with Crippen LogP contribution in [0.1, 0.15) is 36.5 Å². The van der Waals surface area contributed by atoms with Crippen LogP contribution in [0.15, 0.2) is 54.6 Å². The lowest BCUT2D eigenvalue weighted by atomic mass is 10.0. The quantitative estimate of drug-likeness (QED) is 0.298. The molecule has 174 valence electrons. The highest BCUT2D eigenvalue weighted by Gasteiger charge is 2.11. The second kappa shape index (κ2) is 9.87. The summed E-state index contributed by atoms with van der Waals surface area (Å²) in [4.78, 5) is 14.2. The Balaban J connectivity index is 1.56. The Hall–Kier alpha value is -3.35. The van der Waals surface area contributed by atoms with Gasteiger partial charge in [0.2, 0.25) is 5.91 Å². The molecule has 1 amide bonds. The molecule has 6 nitrogen and oxygen atoms in total. The Morgan fingerprint density at radius 3 is 2.38 bits per heavy atom. The van der Waals surface area contributed by atoms with Crippen molar-refractivity contribution in [1.29, 1.82) is 0 Å². The van der Waals surface area contributed by atoms with Crippen LogP contribution in [0, 0.1) is 6.92 Å². The van der Waals surface area contributed by atoms with Crippen LogP contribution < -0.4 is 10.1 Å². The Bertz CT molecular complexity index is 1390. The molecule has 0 aliphatic carbocycles. The molecule has 0 saturated heterocycles. The minimum absolute atomic E-state index is 0.308. The number of halogens is 2. The van der Waals surface area contributed by atoms with Crippen molar-refractivity contribution >= 4 is 51.9 Å². The molecule has 4 rings (SSSR count). The summed E-state index contributed by atoms with van der Waals surface area (Å²) in [5.74, 6) is 0.599. The van der Waals surface area contributed by atoms with Crippen molar-refractivity contribution in [3.8, 4) is 11.4 Å². The number of carbonyl (C=O) groups is 1. The summed E-state index contributed by atoms with van der Waals surface area (Å²) >= 11 is 12.2. The van der Waals surface area contributed by atoms with Gasteiger partial charge in [0, 0.05) is 22.3 Å². The van der Waals surface area contributed by atoms with E-state index < -0.39 is 0 Å². The first-order valence-electron chi connectivity index (χ1n) is 10.8. The predicted molar refractivity (Wildman–Crippen MR) is 138 cm³/mol. The number of hydrogen-bond acceptors (Lipinski definition) is 4. The van der Waals surface area contributed by atoms with Crippen LogP contribution in [0.4, 0.5) is 5.69 Å². The number of methoxy groups -OCH3 is 1. The molecule has 3 aromatic carbocycles. The van der Waals surface area contributed by atoms with E-state index in [4.69, 9.17) is 27.9 Å². The number of rotatable bonds is 6. The van der Waals surface area contributed by atoms with Crippen molar-refractivity contribution in [3.05, 3.63) is 81.3 Å². The van der Waals surface area contributed by atoms with Gasteiger partial charge in [-0.05, 0) is 66.4 Å². The van der Waals surface area contributed by atoms with Gasteiger partial charge in [-0.3, -0.25) is 4.79 Å². The van der Waals surface area contributed by atoms with E-state index in [-0.39, 0.29) is 5.91 Å². The molecule has 8 heteroatoms. The van der Waals surface area contributed by atoms with Crippen molar-refractivity contribution in [2.45, 2.75) is 26.7 Å². The van der Waals surface area contributed by atoms with E-state index in [0.717, 1.165) is 16.8 Å². The van der Waals surface area contributed by atoms with Crippen molar-refractivity contribution < 1.29 is 9.53 Å². The van der Waals surface area contributed by atoms with E-state index in [1.54, 1.807) is 23.0 Å². The molecule has 0 bridgehead atoms. The standard InChI is InChI=1S/C26H24Cl2N4O2/c1-15(2)17-5-8-20(9-6-17)32-30-23-11-16(3)22(14-24(23)31-32)29-25(33)10-7-18-12-19(27)13-21(28)26(18)34-4/h5-15H,1-4H3,(H,29,33). The SMILES string of the molecule is COc1c(Cl)cc(Cl)cc1C=CC(=O)Nc1cc2nn(-c3ccc(C(C)C)cc3)nc2cc1C. The number of anilines is 1. The molecular formula is C26H24Cl2N4O2. The van der Waals surface area contributed by atoms with Gasteiger partial charge in [0.05, 0.1) is 17.8 Å².